The van der Waals surface area contributed by atoms with E-state index in [2.05, 4.69) is 20.4 Å². The number of aliphatic hydroxyl groups is 1. The fourth-order valence-corrected chi connectivity index (χ4v) is 2.35. The smallest absolute Gasteiger partial charge is 0.0676 e. The van der Waals surface area contributed by atoms with Crippen molar-refractivity contribution in [1.29, 1.82) is 0 Å². The van der Waals surface area contributed by atoms with Gasteiger partial charge in [0.05, 0.1) is 5.60 Å². The van der Waals surface area contributed by atoms with Gasteiger partial charge in [0.25, 0.3) is 0 Å². The molecule has 0 aliphatic heterocycles. The average molecular weight is 182 g/mol. The van der Waals surface area contributed by atoms with Crippen molar-refractivity contribution in [2.24, 2.45) is 5.41 Å². The van der Waals surface area contributed by atoms with Crippen LogP contribution in [0.5, 0.6) is 0 Å². The zero-order valence-electron chi connectivity index (χ0n) is 9.19. The van der Waals surface area contributed by atoms with Crippen molar-refractivity contribution in [3.63, 3.8) is 0 Å². The van der Waals surface area contributed by atoms with Gasteiger partial charge < -0.3 is 5.11 Å². The molecule has 1 aliphatic rings. The highest BCUT2D eigenvalue weighted by Gasteiger charge is 2.46. The molecule has 0 aromatic carbocycles. The third kappa shape index (κ3) is 1.96. The highest BCUT2D eigenvalue weighted by molar-refractivity contribution is 5.07. The molecule has 1 N–H and O–H groups in total. The van der Waals surface area contributed by atoms with E-state index < -0.39 is 5.60 Å². The summed E-state index contributed by atoms with van der Waals surface area (Å²) in [5.41, 5.74) is 0.857. The quantitative estimate of drug-likeness (QED) is 0.664. The minimum Gasteiger partial charge on any atom is -0.390 e. The van der Waals surface area contributed by atoms with Crippen LogP contribution in [0.15, 0.2) is 12.2 Å². The van der Waals surface area contributed by atoms with Crippen molar-refractivity contribution in [2.45, 2.75) is 58.5 Å². The Balaban J connectivity index is 2.70. The van der Waals surface area contributed by atoms with E-state index >= 15 is 0 Å². The number of allylic oxidation sites excluding steroid dienone is 1. The maximum absolute atomic E-state index is 10.2. The van der Waals surface area contributed by atoms with Gasteiger partial charge in [-0.05, 0) is 44.4 Å². The van der Waals surface area contributed by atoms with E-state index in [4.69, 9.17) is 0 Å². The first-order valence-electron chi connectivity index (χ1n) is 5.30. The molecule has 0 heterocycles. The largest absolute Gasteiger partial charge is 0.390 e. The molecule has 1 aliphatic carbocycles. The van der Waals surface area contributed by atoms with E-state index in [-0.39, 0.29) is 5.41 Å². The number of hydrogen-bond acceptors (Lipinski definition) is 1. The maximum atomic E-state index is 10.2. The Bertz CT molecular complexity index is 205. The molecule has 1 saturated carbocycles. The average Bonchev–Trinajstić information content (AvgIpc) is 2.26. The lowest BCUT2D eigenvalue weighted by Gasteiger charge is -2.37. The van der Waals surface area contributed by atoms with E-state index in [1.165, 1.54) is 5.57 Å². The van der Waals surface area contributed by atoms with Gasteiger partial charge >= 0.3 is 0 Å². The first-order chi connectivity index (χ1) is 5.91. The van der Waals surface area contributed by atoms with E-state index in [1.54, 1.807) is 0 Å². The Morgan fingerprint density at radius 2 is 2.00 bits per heavy atom. The van der Waals surface area contributed by atoms with Gasteiger partial charge in [0.1, 0.15) is 0 Å². The lowest BCUT2D eigenvalue weighted by atomic mass is 9.72. The van der Waals surface area contributed by atoms with Crippen molar-refractivity contribution in [3.05, 3.63) is 12.2 Å². The van der Waals surface area contributed by atoms with Gasteiger partial charge in [-0.1, -0.05) is 26.0 Å². The van der Waals surface area contributed by atoms with E-state index in [0.29, 0.717) is 0 Å². The molecule has 0 bridgehead atoms. The second-order valence-corrected chi connectivity index (χ2v) is 4.97. The molecule has 13 heavy (non-hydrogen) atoms. The van der Waals surface area contributed by atoms with Crippen molar-refractivity contribution < 1.29 is 5.11 Å². The third-order valence-electron chi connectivity index (χ3n) is 3.83. The zero-order chi connectivity index (χ0) is 10.1. The van der Waals surface area contributed by atoms with Gasteiger partial charge in [-0.25, -0.2) is 0 Å². The van der Waals surface area contributed by atoms with Crippen LogP contribution >= 0.6 is 0 Å². The van der Waals surface area contributed by atoms with Gasteiger partial charge in [-0.2, -0.15) is 0 Å². The van der Waals surface area contributed by atoms with E-state index in [1.807, 2.05) is 6.92 Å². The minimum absolute atomic E-state index is 0.0695. The fourth-order valence-electron chi connectivity index (χ4n) is 2.35. The summed E-state index contributed by atoms with van der Waals surface area (Å²) >= 11 is 0. The standard InChI is InChI=1S/C12H22O/c1-5-10(2)9-11(3)7-6-8-12(11,4)13/h13H,2,5-9H2,1,3-4H3. The molecular weight excluding hydrogens is 160 g/mol. The summed E-state index contributed by atoms with van der Waals surface area (Å²) in [7, 11) is 0. The van der Waals surface area contributed by atoms with Crippen LogP contribution in [0, 0.1) is 5.41 Å². The highest BCUT2D eigenvalue weighted by atomic mass is 16.3. The summed E-state index contributed by atoms with van der Waals surface area (Å²) in [6.07, 6.45) is 5.25. The van der Waals surface area contributed by atoms with Crippen LogP contribution in [-0.4, -0.2) is 10.7 Å². The molecule has 76 valence electrons. The topological polar surface area (TPSA) is 20.2 Å². The van der Waals surface area contributed by atoms with Gasteiger partial charge in [0, 0.05) is 0 Å². The molecule has 1 nitrogen and oxygen atoms in total. The first-order valence-corrected chi connectivity index (χ1v) is 5.30. The molecule has 1 rings (SSSR count). The molecule has 0 amide bonds. The van der Waals surface area contributed by atoms with Crippen molar-refractivity contribution in [2.75, 3.05) is 0 Å². The van der Waals surface area contributed by atoms with Crippen LogP contribution in [0.25, 0.3) is 0 Å². The third-order valence-corrected chi connectivity index (χ3v) is 3.83. The summed E-state index contributed by atoms with van der Waals surface area (Å²) in [5, 5.41) is 10.2. The predicted octanol–water partition coefficient (Wildman–Crippen LogP) is 3.28. The first kappa shape index (κ1) is 10.8. The summed E-state index contributed by atoms with van der Waals surface area (Å²) < 4.78 is 0. The number of rotatable bonds is 3. The Hall–Kier alpha value is -0.300. The molecule has 0 radical (unpaired) electrons. The molecule has 0 spiro atoms. The van der Waals surface area contributed by atoms with Gasteiger partial charge in [-0.3, -0.25) is 0 Å². The van der Waals surface area contributed by atoms with Crippen LogP contribution < -0.4 is 0 Å². The monoisotopic (exact) mass is 182 g/mol. The van der Waals surface area contributed by atoms with Gasteiger partial charge in [0.2, 0.25) is 0 Å². The molecule has 2 unspecified atom stereocenters. The van der Waals surface area contributed by atoms with Gasteiger partial charge in [-0.15, -0.1) is 0 Å². The summed E-state index contributed by atoms with van der Waals surface area (Å²) in [6.45, 7) is 10.3. The van der Waals surface area contributed by atoms with Gasteiger partial charge in [0.15, 0.2) is 0 Å². The molecular formula is C12H22O. The zero-order valence-corrected chi connectivity index (χ0v) is 9.19. The molecule has 0 saturated heterocycles. The lowest BCUT2D eigenvalue weighted by Crippen LogP contribution is -2.38. The Morgan fingerprint density at radius 3 is 2.38 bits per heavy atom. The number of hydrogen-bond donors (Lipinski definition) is 1. The van der Waals surface area contributed by atoms with Crippen LogP contribution in [0.4, 0.5) is 0 Å². The molecule has 1 fully saturated rings. The second kappa shape index (κ2) is 3.45. The summed E-state index contributed by atoms with van der Waals surface area (Å²) in [5.74, 6) is 0. The second-order valence-electron chi connectivity index (χ2n) is 4.97. The van der Waals surface area contributed by atoms with Crippen molar-refractivity contribution >= 4 is 0 Å². The maximum Gasteiger partial charge on any atom is 0.0676 e. The summed E-state index contributed by atoms with van der Waals surface area (Å²) in [6, 6.07) is 0. The van der Waals surface area contributed by atoms with Crippen LogP contribution in [0.3, 0.4) is 0 Å². The lowest BCUT2D eigenvalue weighted by molar-refractivity contribution is -0.0355. The van der Waals surface area contributed by atoms with Crippen LogP contribution in [0.1, 0.15) is 52.9 Å². The molecule has 1 heteroatoms. The summed E-state index contributed by atoms with van der Waals surface area (Å²) in [4.78, 5) is 0. The van der Waals surface area contributed by atoms with Crippen molar-refractivity contribution in [1.82, 2.24) is 0 Å². The molecule has 0 aromatic rings. The SMILES string of the molecule is C=C(CC)CC1(C)CCCC1(C)O. The molecule has 0 aromatic heterocycles. The normalized spacial score (nSPS) is 39.4. The Morgan fingerprint density at radius 1 is 1.38 bits per heavy atom. The van der Waals surface area contributed by atoms with Crippen LogP contribution in [0.2, 0.25) is 0 Å². The minimum atomic E-state index is -0.481. The molecule has 2 atom stereocenters. The predicted molar refractivity (Wildman–Crippen MR) is 56.6 cm³/mol. The van der Waals surface area contributed by atoms with Crippen molar-refractivity contribution in [3.8, 4) is 0 Å². The van der Waals surface area contributed by atoms with E-state index in [9.17, 15) is 5.11 Å². The Kier molecular flexibility index (Phi) is 2.86. The van der Waals surface area contributed by atoms with E-state index in [0.717, 1.165) is 32.1 Å². The Labute approximate surface area is 81.9 Å². The fraction of sp³-hybridized carbons (Fsp3) is 0.833. The highest BCUT2D eigenvalue weighted by Crippen LogP contribution is 2.49. The van der Waals surface area contributed by atoms with Crippen LogP contribution in [-0.2, 0) is 0 Å².